The third kappa shape index (κ3) is 2.34. The van der Waals surface area contributed by atoms with E-state index in [0.717, 1.165) is 18.8 Å². The van der Waals surface area contributed by atoms with Crippen LogP contribution in [-0.2, 0) is 4.79 Å². The van der Waals surface area contributed by atoms with Crippen molar-refractivity contribution in [3.63, 3.8) is 0 Å². The van der Waals surface area contributed by atoms with Gasteiger partial charge in [0.2, 0.25) is 0 Å². The quantitative estimate of drug-likeness (QED) is 0.566. The lowest BCUT2D eigenvalue weighted by Gasteiger charge is -2.63. The van der Waals surface area contributed by atoms with Gasteiger partial charge in [-0.25, -0.2) is 0 Å². The largest absolute Gasteiger partial charge is 0.481 e. The number of fused-ring (bicyclic) bond motifs is 2. The molecule has 0 aromatic rings. The zero-order valence-corrected chi connectivity index (χ0v) is 20.0. The molecule has 5 aliphatic rings. The summed E-state index contributed by atoms with van der Waals surface area (Å²) in [6.07, 6.45) is 12.7. The van der Waals surface area contributed by atoms with E-state index in [0.29, 0.717) is 45.8 Å². The van der Waals surface area contributed by atoms with E-state index in [9.17, 15) is 15.0 Å². The van der Waals surface area contributed by atoms with Crippen molar-refractivity contribution in [2.45, 2.75) is 111 Å². The van der Waals surface area contributed by atoms with Crippen LogP contribution in [0.4, 0.5) is 0 Å². The Morgan fingerprint density at radius 3 is 2.27 bits per heavy atom. The van der Waals surface area contributed by atoms with Crippen molar-refractivity contribution < 1.29 is 15.0 Å². The van der Waals surface area contributed by atoms with Crippen molar-refractivity contribution >= 4 is 5.97 Å². The van der Waals surface area contributed by atoms with E-state index in [1.54, 1.807) is 0 Å². The SMILES string of the molecule is C[C@H](CCC(=O)O)[C@H]1CC[C@@]2(C)C3CCC4C(C)(C)[C@@H](O)CC[C@@]45C[C@@]35CC[C@]12C. The number of aliphatic hydroxyl groups excluding tert-OH is 1. The molecule has 2 unspecified atom stereocenters. The maximum absolute atomic E-state index is 11.2. The summed E-state index contributed by atoms with van der Waals surface area (Å²) in [6.45, 7) is 12.2. The second-order valence-corrected chi connectivity index (χ2v) is 13.4. The third-order valence-corrected chi connectivity index (χ3v) is 12.7. The molecule has 5 rings (SSSR count). The van der Waals surface area contributed by atoms with Gasteiger partial charge in [0.25, 0.3) is 0 Å². The average Bonchev–Trinajstić information content (AvgIpc) is 3.26. The molecule has 3 nitrogen and oxygen atoms in total. The minimum Gasteiger partial charge on any atom is -0.481 e. The van der Waals surface area contributed by atoms with E-state index in [2.05, 4.69) is 34.6 Å². The first-order valence-corrected chi connectivity index (χ1v) is 12.8. The Hall–Kier alpha value is -0.570. The molecule has 30 heavy (non-hydrogen) atoms. The predicted octanol–water partition coefficient (Wildman–Crippen LogP) is 6.29. The third-order valence-electron chi connectivity index (χ3n) is 12.7. The first-order valence-electron chi connectivity index (χ1n) is 12.8. The Morgan fingerprint density at radius 1 is 0.900 bits per heavy atom. The molecule has 0 saturated heterocycles. The number of hydrogen-bond donors (Lipinski definition) is 2. The summed E-state index contributed by atoms with van der Waals surface area (Å²) in [5.74, 6) is 2.08. The number of rotatable bonds is 4. The molecule has 0 amide bonds. The molecule has 9 atom stereocenters. The molecule has 0 aliphatic heterocycles. The van der Waals surface area contributed by atoms with Crippen LogP contribution >= 0.6 is 0 Å². The van der Waals surface area contributed by atoms with Crippen molar-refractivity contribution in [1.82, 2.24) is 0 Å². The molecule has 0 aromatic carbocycles. The first-order chi connectivity index (χ1) is 13.9. The Morgan fingerprint density at radius 2 is 1.57 bits per heavy atom. The topological polar surface area (TPSA) is 57.5 Å². The number of aliphatic carboxylic acids is 1. The highest BCUT2D eigenvalue weighted by Gasteiger charge is 2.82. The number of aliphatic hydroxyl groups is 1. The van der Waals surface area contributed by atoms with Gasteiger partial charge < -0.3 is 10.2 Å². The molecule has 2 spiro atoms. The van der Waals surface area contributed by atoms with Gasteiger partial charge in [-0.05, 0) is 115 Å². The molecular formula is C27H44O3. The zero-order chi connectivity index (χ0) is 21.7. The summed E-state index contributed by atoms with van der Waals surface area (Å²) in [5.41, 5.74) is 1.89. The van der Waals surface area contributed by atoms with Gasteiger partial charge in [0.1, 0.15) is 0 Å². The number of carboxylic acid groups (broad SMARTS) is 1. The fraction of sp³-hybridized carbons (Fsp3) is 0.963. The Labute approximate surface area is 183 Å². The van der Waals surface area contributed by atoms with Gasteiger partial charge in [0.15, 0.2) is 0 Å². The minimum atomic E-state index is -0.643. The number of carboxylic acids is 1. The van der Waals surface area contributed by atoms with E-state index in [4.69, 9.17) is 0 Å². The molecule has 0 aromatic heterocycles. The van der Waals surface area contributed by atoms with Crippen LogP contribution in [0.5, 0.6) is 0 Å². The predicted molar refractivity (Wildman–Crippen MR) is 119 cm³/mol. The second kappa shape index (κ2) is 6.27. The lowest BCUT2D eigenvalue weighted by molar-refractivity contribution is -0.161. The maximum atomic E-state index is 11.2. The molecule has 0 bridgehead atoms. The lowest BCUT2D eigenvalue weighted by Crippen LogP contribution is -2.57. The highest BCUT2D eigenvalue weighted by atomic mass is 16.4. The van der Waals surface area contributed by atoms with Gasteiger partial charge in [-0.3, -0.25) is 4.79 Å². The van der Waals surface area contributed by atoms with E-state index in [1.807, 2.05) is 0 Å². The molecule has 5 aliphatic carbocycles. The van der Waals surface area contributed by atoms with E-state index in [-0.39, 0.29) is 11.5 Å². The van der Waals surface area contributed by atoms with Crippen LogP contribution in [0.15, 0.2) is 0 Å². The first kappa shape index (κ1) is 21.3. The summed E-state index contributed by atoms with van der Waals surface area (Å²) < 4.78 is 0. The Bertz CT molecular complexity index is 744. The highest BCUT2D eigenvalue weighted by Crippen LogP contribution is 2.89. The van der Waals surface area contributed by atoms with Crippen molar-refractivity contribution in [1.29, 1.82) is 0 Å². The number of carbonyl (C=O) groups is 1. The Kier molecular flexibility index (Phi) is 4.45. The summed E-state index contributed by atoms with van der Waals surface area (Å²) in [5, 5.41) is 20.0. The standard InChI is InChI=1S/C27H44O3/c1-17(6-9-22(29)30)18-10-12-25(5)20-8-7-19-23(2,3)21(28)11-13-26(19)16-27(20,26)15-14-24(18,25)4/h17-21,28H,6-16H2,1-5H3,(H,29,30)/t17-,18-,19?,20?,21+,24-,25+,26-,27+/m1/s1. The van der Waals surface area contributed by atoms with E-state index >= 15 is 0 Å². The summed E-state index contributed by atoms with van der Waals surface area (Å²) in [7, 11) is 0. The maximum Gasteiger partial charge on any atom is 0.303 e. The molecule has 5 fully saturated rings. The van der Waals surface area contributed by atoms with E-state index in [1.165, 1.54) is 51.4 Å². The second-order valence-electron chi connectivity index (χ2n) is 13.4. The van der Waals surface area contributed by atoms with Crippen LogP contribution in [0.25, 0.3) is 0 Å². The molecule has 3 heteroatoms. The van der Waals surface area contributed by atoms with Crippen molar-refractivity contribution in [2.75, 3.05) is 0 Å². The van der Waals surface area contributed by atoms with Gasteiger partial charge >= 0.3 is 5.97 Å². The van der Waals surface area contributed by atoms with Crippen LogP contribution in [0.1, 0.15) is 105 Å². The van der Waals surface area contributed by atoms with Crippen LogP contribution in [0, 0.1) is 50.7 Å². The van der Waals surface area contributed by atoms with Gasteiger partial charge in [0, 0.05) is 6.42 Å². The van der Waals surface area contributed by atoms with Gasteiger partial charge in [0.05, 0.1) is 6.10 Å². The summed E-state index contributed by atoms with van der Waals surface area (Å²) >= 11 is 0. The monoisotopic (exact) mass is 416 g/mol. The van der Waals surface area contributed by atoms with Crippen LogP contribution in [-0.4, -0.2) is 22.3 Å². The van der Waals surface area contributed by atoms with E-state index < -0.39 is 5.97 Å². The van der Waals surface area contributed by atoms with Gasteiger partial charge in [-0.1, -0.05) is 34.6 Å². The summed E-state index contributed by atoms with van der Waals surface area (Å²) in [4.78, 5) is 11.2. The van der Waals surface area contributed by atoms with Crippen molar-refractivity contribution in [3.05, 3.63) is 0 Å². The normalized spacial score (nSPS) is 54.3. The molecule has 0 heterocycles. The molecule has 0 radical (unpaired) electrons. The van der Waals surface area contributed by atoms with Crippen LogP contribution in [0.3, 0.4) is 0 Å². The molecule has 5 saturated carbocycles. The van der Waals surface area contributed by atoms with Crippen LogP contribution in [0.2, 0.25) is 0 Å². The fourth-order valence-electron chi connectivity index (χ4n) is 10.9. The smallest absolute Gasteiger partial charge is 0.303 e. The summed E-state index contributed by atoms with van der Waals surface area (Å²) in [6, 6.07) is 0. The molecule has 2 N–H and O–H groups in total. The minimum absolute atomic E-state index is 0.0674. The molecular weight excluding hydrogens is 372 g/mol. The van der Waals surface area contributed by atoms with Gasteiger partial charge in [-0.15, -0.1) is 0 Å². The average molecular weight is 417 g/mol. The highest BCUT2D eigenvalue weighted by molar-refractivity contribution is 5.66. The van der Waals surface area contributed by atoms with Crippen LogP contribution < -0.4 is 0 Å². The lowest BCUT2D eigenvalue weighted by atomic mass is 9.41. The van der Waals surface area contributed by atoms with Crippen molar-refractivity contribution in [3.8, 4) is 0 Å². The zero-order valence-electron chi connectivity index (χ0n) is 20.0. The fourth-order valence-corrected chi connectivity index (χ4v) is 10.9. The molecule has 170 valence electrons. The number of hydrogen-bond acceptors (Lipinski definition) is 2. The van der Waals surface area contributed by atoms with Crippen molar-refractivity contribution in [2.24, 2.45) is 50.7 Å². The Balaban J connectivity index is 1.44. The van der Waals surface area contributed by atoms with Gasteiger partial charge in [-0.2, -0.15) is 0 Å².